The van der Waals surface area contributed by atoms with Gasteiger partial charge >= 0.3 is 23.1 Å². The molecule has 0 unspecified atom stereocenters. The first kappa shape index (κ1) is 14.2. The van der Waals surface area contributed by atoms with Crippen molar-refractivity contribution < 1.29 is 7.65 Å². The summed E-state index contributed by atoms with van der Waals surface area (Å²) in [5.74, 6) is 0.651. The molecule has 0 heterocycles. The third-order valence-electron chi connectivity index (χ3n) is 2.68. The molecule has 0 fully saturated rings. The molecule has 2 heteroatoms. The Bertz CT molecular complexity index is 521. The number of hydrogen-bond donors (Lipinski definition) is 0. The Hall–Kier alpha value is -0.864. The van der Waals surface area contributed by atoms with Crippen molar-refractivity contribution in [3.05, 3.63) is 48.0 Å². The molecule has 0 N–H and O–H groups in total. The summed E-state index contributed by atoms with van der Waals surface area (Å²) < 4.78 is 0. The fourth-order valence-corrected chi connectivity index (χ4v) is 1.95. The molecule has 0 saturated carbocycles. The smallest absolute Gasteiger partial charge is 1.00 e. The molecule has 2 aromatic carbocycles. The van der Waals surface area contributed by atoms with Crippen LogP contribution in [0.4, 0.5) is 0 Å². The quantitative estimate of drug-likeness (QED) is 0.585. The zero-order valence-corrected chi connectivity index (χ0v) is 11.9. The van der Waals surface area contributed by atoms with E-state index < -0.39 is 0 Å². The first-order valence-corrected chi connectivity index (χ1v) is 5.69. The van der Waals surface area contributed by atoms with E-state index in [-0.39, 0.29) is 31.7 Å². The number of hydrogen-bond acceptors (Lipinski definition) is 1. The average molecular weight is 239 g/mol. The van der Waals surface area contributed by atoms with Crippen LogP contribution in [0.25, 0.3) is 10.8 Å². The van der Waals surface area contributed by atoms with Crippen LogP contribution in [0.15, 0.2) is 42.5 Å². The van der Waals surface area contributed by atoms with E-state index in [4.69, 9.17) is 0 Å². The van der Waals surface area contributed by atoms with Crippen molar-refractivity contribution in [3.63, 3.8) is 0 Å². The molecule has 0 aliphatic rings. The molecule has 0 aliphatic carbocycles. The third kappa shape index (κ3) is 3.30. The first-order valence-electron chi connectivity index (χ1n) is 5.69. The Kier molecular flexibility index (Phi) is 5.16. The van der Waals surface area contributed by atoms with Gasteiger partial charge in [0.25, 0.3) is 0 Å². The molecule has 2 aromatic rings. The summed E-state index contributed by atoms with van der Waals surface area (Å²) in [6, 6.07) is 14.0. The van der Waals surface area contributed by atoms with Gasteiger partial charge in [0.15, 0.2) is 5.78 Å². The Morgan fingerprint density at radius 1 is 1.12 bits per heavy atom. The van der Waals surface area contributed by atoms with Crippen LogP contribution in [0.1, 0.15) is 33.5 Å². The summed E-state index contributed by atoms with van der Waals surface area (Å²) in [5, 5.41) is 2.20. The number of benzene rings is 2. The largest absolute Gasteiger partial charge is 2.00 e. The average Bonchev–Trinajstić information content (AvgIpc) is 2.27. The van der Waals surface area contributed by atoms with Crippen molar-refractivity contribution >= 4 is 39.6 Å². The zero-order valence-electron chi connectivity index (χ0n) is 12.4. The second-order valence-corrected chi connectivity index (χ2v) is 4.55. The van der Waals surface area contributed by atoms with Crippen LogP contribution in [-0.2, 0) is 0 Å². The third-order valence-corrected chi connectivity index (χ3v) is 2.68. The van der Waals surface area contributed by atoms with Gasteiger partial charge in [-0.2, -0.15) is 0 Å². The van der Waals surface area contributed by atoms with E-state index >= 15 is 0 Å². The SMILES string of the molecule is CC(C)CC(=O)c1cccc2ccccc12.[H-].[H-].[Mg+2]. The molecule has 0 radical (unpaired) electrons. The van der Waals surface area contributed by atoms with E-state index in [1.54, 1.807) is 0 Å². The molecule has 0 atom stereocenters. The van der Waals surface area contributed by atoms with Gasteiger partial charge in [0.2, 0.25) is 0 Å². The van der Waals surface area contributed by atoms with Crippen molar-refractivity contribution in [2.24, 2.45) is 5.92 Å². The van der Waals surface area contributed by atoms with Gasteiger partial charge < -0.3 is 2.85 Å². The predicted molar refractivity (Wildman–Crippen MR) is 75.7 cm³/mol. The predicted octanol–water partition coefficient (Wildman–Crippen LogP) is 3.91. The van der Waals surface area contributed by atoms with E-state index in [2.05, 4.69) is 13.8 Å². The van der Waals surface area contributed by atoms with Crippen molar-refractivity contribution in [2.45, 2.75) is 20.3 Å². The van der Waals surface area contributed by atoms with Gasteiger partial charge in [-0.05, 0) is 16.7 Å². The first-order chi connectivity index (χ1) is 7.68. The summed E-state index contributed by atoms with van der Waals surface area (Å²) in [5.41, 5.74) is 0.854. The Morgan fingerprint density at radius 2 is 1.76 bits per heavy atom. The number of rotatable bonds is 3. The van der Waals surface area contributed by atoms with Crippen molar-refractivity contribution in [2.75, 3.05) is 0 Å². The molecule has 2 rings (SSSR count). The molecule has 0 bridgehead atoms. The van der Waals surface area contributed by atoms with Gasteiger partial charge in [0.05, 0.1) is 0 Å². The second-order valence-electron chi connectivity index (χ2n) is 4.55. The second kappa shape index (κ2) is 6.17. The number of Topliss-reactive ketones (excluding diaryl/α,β-unsaturated/α-hetero) is 1. The minimum atomic E-state index is 0. The van der Waals surface area contributed by atoms with E-state index in [0.717, 1.165) is 16.3 Å². The number of ketones is 1. The van der Waals surface area contributed by atoms with Crippen LogP contribution >= 0.6 is 0 Å². The van der Waals surface area contributed by atoms with Gasteiger partial charge in [-0.3, -0.25) is 4.79 Å². The van der Waals surface area contributed by atoms with Crippen LogP contribution < -0.4 is 0 Å². The summed E-state index contributed by atoms with van der Waals surface area (Å²) in [4.78, 5) is 12.1. The standard InChI is InChI=1S/C15H16O.Mg.2H/c1-11(2)10-15(16)14-9-5-7-12-6-3-4-8-13(12)14;;;/h3-9,11H,10H2,1-2H3;;;/q;+2;2*-1. The minimum Gasteiger partial charge on any atom is -1.00 e. The molecule has 1 nitrogen and oxygen atoms in total. The van der Waals surface area contributed by atoms with Crippen molar-refractivity contribution in [3.8, 4) is 0 Å². The zero-order chi connectivity index (χ0) is 11.5. The minimum absolute atomic E-state index is 0. The van der Waals surface area contributed by atoms with Crippen molar-refractivity contribution in [1.82, 2.24) is 0 Å². The fraction of sp³-hybridized carbons (Fsp3) is 0.267. The monoisotopic (exact) mass is 238 g/mol. The summed E-state index contributed by atoms with van der Waals surface area (Å²) in [7, 11) is 0. The molecular formula is C15H18MgO. The number of carbonyl (C=O) groups is 1. The van der Waals surface area contributed by atoms with Gasteiger partial charge in [-0.25, -0.2) is 0 Å². The fourth-order valence-electron chi connectivity index (χ4n) is 1.95. The van der Waals surface area contributed by atoms with Crippen LogP contribution in [0.2, 0.25) is 0 Å². The Labute approximate surface area is 121 Å². The van der Waals surface area contributed by atoms with Crippen molar-refractivity contribution in [1.29, 1.82) is 0 Å². The maximum absolute atomic E-state index is 12.1. The van der Waals surface area contributed by atoms with Gasteiger partial charge in [-0.15, -0.1) is 0 Å². The van der Waals surface area contributed by atoms with Crippen LogP contribution in [-0.4, -0.2) is 28.8 Å². The maximum atomic E-state index is 12.1. The number of fused-ring (bicyclic) bond motifs is 1. The molecule has 0 saturated heterocycles. The molecular weight excluding hydrogens is 220 g/mol. The molecule has 0 aliphatic heterocycles. The van der Waals surface area contributed by atoms with Crippen LogP contribution in [0, 0.1) is 5.92 Å². The molecule has 0 amide bonds. The van der Waals surface area contributed by atoms with E-state index in [9.17, 15) is 4.79 Å². The molecule has 17 heavy (non-hydrogen) atoms. The summed E-state index contributed by atoms with van der Waals surface area (Å²) in [6.45, 7) is 4.14. The van der Waals surface area contributed by atoms with Gasteiger partial charge in [0.1, 0.15) is 0 Å². The van der Waals surface area contributed by atoms with E-state index in [0.29, 0.717) is 12.3 Å². The summed E-state index contributed by atoms with van der Waals surface area (Å²) >= 11 is 0. The normalized spacial score (nSPS) is 10.3. The van der Waals surface area contributed by atoms with E-state index in [1.807, 2.05) is 42.5 Å². The molecule has 86 valence electrons. The molecule has 0 aromatic heterocycles. The van der Waals surface area contributed by atoms with Crippen LogP contribution in [0.5, 0.6) is 0 Å². The summed E-state index contributed by atoms with van der Waals surface area (Å²) in [6.07, 6.45) is 0.619. The molecule has 0 spiro atoms. The van der Waals surface area contributed by atoms with Gasteiger partial charge in [0, 0.05) is 12.0 Å². The van der Waals surface area contributed by atoms with E-state index in [1.165, 1.54) is 0 Å². The topological polar surface area (TPSA) is 17.1 Å². The Morgan fingerprint density at radius 3 is 2.47 bits per heavy atom. The van der Waals surface area contributed by atoms with Gasteiger partial charge in [-0.1, -0.05) is 56.3 Å². The maximum Gasteiger partial charge on any atom is 2.00 e. The van der Waals surface area contributed by atoms with Crippen LogP contribution in [0.3, 0.4) is 0 Å². The number of carbonyl (C=O) groups excluding carboxylic acids is 1. The Balaban J connectivity index is 0.